The van der Waals surface area contributed by atoms with Crippen LogP contribution in [-0.2, 0) is 22.4 Å². The Balaban J connectivity index is 1.34. The summed E-state index contributed by atoms with van der Waals surface area (Å²) in [6.45, 7) is 4.29. The summed E-state index contributed by atoms with van der Waals surface area (Å²) < 4.78 is 6.02. The number of likely N-dealkylation sites (tertiary alicyclic amines) is 1. The number of aromatic nitrogens is 3. The zero-order chi connectivity index (χ0) is 16.5. The van der Waals surface area contributed by atoms with Crippen LogP contribution in [0, 0.1) is 18.8 Å². The monoisotopic (exact) mass is 346 g/mol. The van der Waals surface area contributed by atoms with Crippen molar-refractivity contribution in [3.63, 3.8) is 0 Å². The first-order valence-electron chi connectivity index (χ1n) is 8.47. The first-order valence-corrected chi connectivity index (χ1v) is 9.41. The molecular weight excluding hydrogens is 324 g/mol. The highest BCUT2D eigenvalue weighted by Gasteiger charge is 2.42. The van der Waals surface area contributed by atoms with Gasteiger partial charge in [0, 0.05) is 25.4 Å². The van der Waals surface area contributed by atoms with E-state index in [1.807, 2.05) is 23.3 Å². The third-order valence-corrected chi connectivity index (χ3v) is 5.84. The first-order chi connectivity index (χ1) is 11.7. The van der Waals surface area contributed by atoms with Crippen LogP contribution < -0.4 is 0 Å². The quantitative estimate of drug-likeness (QED) is 0.917. The Bertz CT molecular complexity index is 699. The number of amides is 1. The predicted molar refractivity (Wildman–Crippen MR) is 90.8 cm³/mol. The number of hydrogen-bond acceptors (Lipinski definition) is 5. The van der Waals surface area contributed by atoms with Gasteiger partial charge in [-0.3, -0.25) is 9.89 Å². The molecule has 2 aromatic rings. The van der Waals surface area contributed by atoms with Gasteiger partial charge in [-0.2, -0.15) is 16.4 Å². The Kier molecular flexibility index (Phi) is 4.37. The molecule has 3 atom stereocenters. The van der Waals surface area contributed by atoms with Crippen LogP contribution in [0.2, 0.25) is 0 Å². The van der Waals surface area contributed by atoms with Crippen molar-refractivity contribution in [3.8, 4) is 0 Å². The smallest absolute Gasteiger partial charge is 0.227 e. The van der Waals surface area contributed by atoms with Crippen molar-refractivity contribution in [2.24, 2.45) is 11.8 Å². The molecular formula is C17H22N4O2S. The molecule has 4 heterocycles. The zero-order valence-electron chi connectivity index (χ0n) is 13.8. The average Bonchev–Trinajstić information content (AvgIpc) is 3.30. The minimum Gasteiger partial charge on any atom is -0.377 e. The molecule has 0 bridgehead atoms. The van der Waals surface area contributed by atoms with Crippen molar-refractivity contribution in [1.82, 2.24) is 20.1 Å². The van der Waals surface area contributed by atoms with E-state index < -0.39 is 0 Å². The summed E-state index contributed by atoms with van der Waals surface area (Å²) in [5.41, 5.74) is 1.12. The van der Waals surface area contributed by atoms with Crippen LogP contribution in [-0.4, -0.2) is 51.8 Å². The van der Waals surface area contributed by atoms with Gasteiger partial charge in [-0.25, -0.2) is 4.98 Å². The molecule has 128 valence electrons. The SMILES string of the molecule is Cc1nc(C[C@@H]2OC[C@H]3CN(C(=O)Cc4ccsc4)CC[C@H]32)n[nH]1. The number of carbonyl (C=O) groups excluding carboxylic acids is 1. The van der Waals surface area contributed by atoms with Crippen LogP contribution in [0.5, 0.6) is 0 Å². The third-order valence-electron chi connectivity index (χ3n) is 5.11. The van der Waals surface area contributed by atoms with E-state index >= 15 is 0 Å². The van der Waals surface area contributed by atoms with E-state index in [2.05, 4.69) is 20.6 Å². The summed E-state index contributed by atoms with van der Waals surface area (Å²) in [4.78, 5) is 18.9. The molecule has 4 rings (SSSR count). The summed E-state index contributed by atoms with van der Waals surface area (Å²) in [6, 6.07) is 2.03. The molecule has 1 N–H and O–H groups in total. The fraction of sp³-hybridized carbons (Fsp3) is 0.588. The number of rotatable bonds is 4. The lowest BCUT2D eigenvalue weighted by molar-refractivity contribution is -0.132. The van der Waals surface area contributed by atoms with E-state index in [4.69, 9.17) is 4.74 Å². The second-order valence-corrected chi connectivity index (χ2v) is 7.55. The molecule has 2 aliphatic heterocycles. The minimum atomic E-state index is 0.180. The fourth-order valence-electron chi connectivity index (χ4n) is 3.86. The maximum absolute atomic E-state index is 12.5. The number of fused-ring (bicyclic) bond motifs is 1. The number of nitrogens with one attached hydrogen (secondary N) is 1. The van der Waals surface area contributed by atoms with E-state index in [0.717, 1.165) is 49.8 Å². The number of aryl methyl sites for hydroxylation is 1. The van der Waals surface area contributed by atoms with Crippen molar-refractivity contribution in [1.29, 1.82) is 0 Å². The Morgan fingerprint density at radius 3 is 3.21 bits per heavy atom. The van der Waals surface area contributed by atoms with E-state index in [1.165, 1.54) is 0 Å². The maximum atomic E-state index is 12.5. The van der Waals surface area contributed by atoms with Gasteiger partial charge in [0.15, 0.2) is 5.82 Å². The van der Waals surface area contributed by atoms with Gasteiger partial charge in [-0.15, -0.1) is 0 Å². The van der Waals surface area contributed by atoms with E-state index in [-0.39, 0.29) is 12.0 Å². The van der Waals surface area contributed by atoms with Gasteiger partial charge in [-0.05, 0) is 41.7 Å². The topological polar surface area (TPSA) is 71.1 Å². The second kappa shape index (κ2) is 6.64. The number of carbonyl (C=O) groups is 1. The molecule has 2 aliphatic rings. The Morgan fingerprint density at radius 2 is 2.46 bits per heavy atom. The average molecular weight is 346 g/mol. The Morgan fingerprint density at radius 1 is 1.54 bits per heavy atom. The molecule has 24 heavy (non-hydrogen) atoms. The number of thiophene rings is 1. The minimum absolute atomic E-state index is 0.180. The Hall–Kier alpha value is -1.73. The summed E-state index contributed by atoms with van der Waals surface area (Å²) in [5.74, 6) is 2.85. The van der Waals surface area contributed by atoms with Crippen LogP contribution in [0.25, 0.3) is 0 Å². The standard InChI is InChI=1S/C17H22N4O2S/c1-11-18-16(20-19-11)7-15-14-2-4-21(8-13(14)9-23-15)17(22)6-12-3-5-24-10-12/h3,5,10,13-15H,2,4,6-9H2,1H3,(H,18,19,20)/t13-,14-,15+/m1/s1. The van der Waals surface area contributed by atoms with Crippen LogP contribution >= 0.6 is 11.3 Å². The Labute approximate surface area is 145 Å². The largest absolute Gasteiger partial charge is 0.377 e. The number of aromatic amines is 1. The van der Waals surface area contributed by atoms with Gasteiger partial charge in [-0.1, -0.05) is 0 Å². The second-order valence-electron chi connectivity index (χ2n) is 6.77. The summed E-state index contributed by atoms with van der Waals surface area (Å²) >= 11 is 1.64. The molecule has 2 fully saturated rings. The van der Waals surface area contributed by atoms with Gasteiger partial charge < -0.3 is 9.64 Å². The van der Waals surface area contributed by atoms with E-state index in [9.17, 15) is 4.79 Å². The normalized spacial score (nSPS) is 26.5. The zero-order valence-corrected chi connectivity index (χ0v) is 14.6. The van der Waals surface area contributed by atoms with Crippen molar-refractivity contribution in [3.05, 3.63) is 34.0 Å². The molecule has 1 amide bonds. The lowest BCUT2D eigenvalue weighted by Crippen LogP contribution is -2.45. The molecule has 0 radical (unpaired) electrons. The fourth-order valence-corrected chi connectivity index (χ4v) is 4.53. The van der Waals surface area contributed by atoms with Gasteiger partial charge in [0.05, 0.1) is 19.1 Å². The molecule has 0 spiro atoms. The lowest BCUT2D eigenvalue weighted by atomic mass is 9.83. The van der Waals surface area contributed by atoms with Crippen molar-refractivity contribution in [2.75, 3.05) is 19.7 Å². The van der Waals surface area contributed by atoms with Gasteiger partial charge in [0.1, 0.15) is 5.82 Å². The molecule has 0 unspecified atom stereocenters. The summed E-state index contributed by atoms with van der Waals surface area (Å²) in [6.07, 6.45) is 2.46. The molecule has 2 saturated heterocycles. The lowest BCUT2D eigenvalue weighted by Gasteiger charge is -2.35. The molecule has 0 aromatic carbocycles. The van der Waals surface area contributed by atoms with Crippen molar-refractivity contribution < 1.29 is 9.53 Å². The maximum Gasteiger partial charge on any atom is 0.227 e. The number of piperidine rings is 1. The predicted octanol–water partition coefficient (Wildman–Crippen LogP) is 1.82. The summed E-state index contributed by atoms with van der Waals surface area (Å²) in [7, 11) is 0. The third kappa shape index (κ3) is 3.23. The first kappa shape index (κ1) is 15.8. The number of nitrogens with zero attached hydrogens (tertiary/aromatic N) is 3. The molecule has 2 aromatic heterocycles. The van der Waals surface area contributed by atoms with Gasteiger partial charge in [0.25, 0.3) is 0 Å². The van der Waals surface area contributed by atoms with Crippen molar-refractivity contribution in [2.45, 2.75) is 32.3 Å². The van der Waals surface area contributed by atoms with Crippen LogP contribution in [0.15, 0.2) is 16.8 Å². The van der Waals surface area contributed by atoms with Gasteiger partial charge in [0.2, 0.25) is 5.91 Å². The van der Waals surface area contributed by atoms with Crippen molar-refractivity contribution >= 4 is 17.2 Å². The molecule has 0 aliphatic carbocycles. The number of ether oxygens (including phenoxy) is 1. The van der Waals surface area contributed by atoms with E-state index in [0.29, 0.717) is 18.3 Å². The highest BCUT2D eigenvalue weighted by molar-refractivity contribution is 7.07. The molecule has 6 nitrogen and oxygen atoms in total. The molecule has 7 heteroatoms. The number of H-pyrrole nitrogens is 1. The van der Waals surface area contributed by atoms with E-state index in [1.54, 1.807) is 11.3 Å². The number of hydrogen-bond donors (Lipinski definition) is 1. The molecule has 0 saturated carbocycles. The van der Waals surface area contributed by atoms with Crippen LogP contribution in [0.3, 0.4) is 0 Å². The summed E-state index contributed by atoms with van der Waals surface area (Å²) in [5, 5.41) is 11.2. The highest BCUT2D eigenvalue weighted by atomic mass is 32.1. The van der Waals surface area contributed by atoms with Crippen LogP contribution in [0.1, 0.15) is 23.6 Å². The van der Waals surface area contributed by atoms with Gasteiger partial charge >= 0.3 is 0 Å². The van der Waals surface area contributed by atoms with Crippen LogP contribution in [0.4, 0.5) is 0 Å². The highest BCUT2D eigenvalue weighted by Crippen LogP contribution is 2.35.